The van der Waals surface area contributed by atoms with Crippen molar-refractivity contribution in [2.75, 3.05) is 13.4 Å². The first-order valence-corrected chi connectivity index (χ1v) is 5.28. The molecule has 0 aromatic heterocycles. The van der Waals surface area contributed by atoms with E-state index in [1.165, 1.54) is 13.5 Å². The first-order chi connectivity index (χ1) is 5.24. The van der Waals surface area contributed by atoms with Crippen molar-refractivity contribution in [3.05, 3.63) is 12.2 Å². The second-order valence-corrected chi connectivity index (χ2v) is 4.00. The summed E-state index contributed by atoms with van der Waals surface area (Å²) in [5, 5.41) is 0.810. The summed E-state index contributed by atoms with van der Waals surface area (Å²) in [4.78, 5) is 0. The van der Waals surface area contributed by atoms with Gasteiger partial charge in [-0.2, -0.15) is 11.8 Å². The van der Waals surface area contributed by atoms with E-state index < -0.39 is 0 Å². The van der Waals surface area contributed by atoms with Crippen LogP contribution in [0.15, 0.2) is 12.2 Å². The molecule has 2 unspecified atom stereocenters. The molecule has 0 fully saturated rings. The van der Waals surface area contributed by atoms with Crippen LogP contribution in [0, 0.1) is 5.92 Å². The van der Waals surface area contributed by atoms with Crippen LogP contribution in [-0.2, 0) is 4.18 Å². The first-order valence-electron chi connectivity index (χ1n) is 3.63. The van der Waals surface area contributed by atoms with Crippen molar-refractivity contribution < 1.29 is 4.18 Å². The minimum atomic E-state index is 0.810. The molecule has 0 radical (unpaired) electrons. The normalized spacial score (nSPS) is 28.0. The van der Waals surface area contributed by atoms with Crippen molar-refractivity contribution in [2.24, 2.45) is 5.92 Å². The summed E-state index contributed by atoms with van der Waals surface area (Å²) in [5.74, 6) is 0.826. The molecule has 66 valence electrons. The summed E-state index contributed by atoms with van der Waals surface area (Å²) in [6, 6.07) is 0. The Morgan fingerprint density at radius 2 is 2.09 bits per heavy atom. The maximum Gasteiger partial charge on any atom is 0.0500 e. The van der Waals surface area contributed by atoms with E-state index >= 15 is 0 Å². The van der Waals surface area contributed by atoms with Crippen LogP contribution < -0.4 is 0 Å². The van der Waals surface area contributed by atoms with Gasteiger partial charge >= 0.3 is 0 Å². The largest absolute Gasteiger partial charge is 0.322 e. The third-order valence-electron chi connectivity index (χ3n) is 1.56. The standard InChI is InChI=1S/C7H12S.CH4OS/c1-6-3-4-7(5-6)8-2;1-2-3/h3-4,6-7H,5H2,1-2H3;3H,1H3. The third kappa shape index (κ3) is 5.65. The van der Waals surface area contributed by atoms with Gasteiger partial charge in [0.2, 0.25) is 0 Å². The molecule has 0 aromatic rings. The highest BCUT2D eigenvalue weighted by molar-refractivity contribution is 7.99. The molecule has 1 aliphatic rings. The van der Waals surface area contributed by atoms with Crippen LogP contribution in [0.4, 0.5) is 0 Å². The van der Waals surface area contributed by atoms with Gasteiger partial charge < -0.3 is 4.18 Å². The summed E-state index contributed by atoms with van der Waals surface area (Å²) >= 11 is 5.24. The summed E-state index contributed by atoms with van der Waals surface area (Å²) in [7, 11) is 1.49. The lowest BCUT2D eigenvalue weighted by molar-refractivity contribution is 0.500. The zero-order valence-corrected chi connectivity index (χ0v) is 8.99. The van der Waals surface area contributed by atoms with Gasteiger partial charge in [0, 0.05) is 12.4 Å². The van der Waals surface area contributed by atoms with Crippen LogP contribution in [0.2, 0.25) is 0 Å². The average Bonchev–Trinajstić information content (AvgIpc) is 2.37. The van der Waals surface area contributed by atoms with E-state index in [1.54, 1.807) is 0 Å². The number of rotatable bonds is 1. The van der Waals surface area contributed by atoms with Crippen molar-refractivity contribution in [2.45, 2.75) is 18.6 Å². The van der Waals surface area contributed by atoms with Crippen molar-refractivity contribution >= 4 is 24.7 Å². The molecule has 0 aliphatic heterocycles. The Hall–Kier alpha value is 0.400. The van der Waals surface area contributed by atoms with Crippen molar-refractivity contribution in [1.29, 1.82) is 0 Å². The molecule has 0 bridgehead atoms. The minimum absolute atomic E-state index is 0.810. The number of hydrogen-bond acceptors (Lipinski definition) is 3. The molecule has 0 amide bonds. The predicted octanol–water partition coefficient (Wildman–Crippen LogP) is 2.79. The second kappa shape index (κ2) is 7.07. The van der Waals surface area contributed by atoms with Gasteiger partial charge in [-0.3, -0.25) is 0 Å². The Morgan fingerprint density at radius 1 is 1.55 bits per heavy atom. The van der Waals surface area contributed by atoms with E-state index in [1.807, 2.05) is 11.8 Å². The summed E-state index contributed by atoms with van der Waals surface area (Å²) in [5.41, 5.74) is 0. The molecule has 1 nitrogen and oxygen atoms in total. The van der Waals surface area contributed by atoms with Crippen molar-refractivity contribution in [3.8, 4) is 0 Å². The molecule has 2 atom stereocenters. The fourth-order valence-corrected chi connectivity index (χ4v) is 1.76. The molecule has 1 rings (SSSR count). The summed E-state index contributed by atoms with van der Waals surface area (Å²) < 4.78 is 3.94. The molecule has 3 heteroatoms. The zero-order valence-electron chi connectivity index (χ0n) is 7.28. The van der Waals surface area contributed by atoms with Gasteiger partial charge in [0.15, 0.2) is 0 Å². The van der Waals surface area contributed by atoms with E-state index in [9.17, 15) is 0 Å². The Bertz CT molecular complexity index is 115. The fourth-order valence-electron chi connectivity index (χ4n) is 1.01. The van der Waals surface area contributed by atoms with Crippen LogP contribution in [-0.4, -0.2) is 18.6 Å². The van der Waals surface area contributed by atoms with Gasteiger partial charge in [-0.15, -0.1) is 0 Å². The summed E-state index contributed by atoms with van der Waals surface area (Å²) in [6.07, 6.45) is 8.14. The van der Waals surface area contributed by atoms with Crippen LogP contribution in [0.3, 0.4) is 0 Å². The van der Waals surface area contributed by atoms with Gasteiger partial charge in [0.25, 0.3) is 0 Å². The molecular formula is C8H16OS2. The highest BCUT2D eigenvalue weighted by Gasteiger charge is 2.12. The SMILES string of the molecule is COS.CSC1C=CC(C)C1. The highest BCUT2D eigenvalue weighted by Crippen LogP contribution is 2.25. The Morgan fingerprint density at radius 3 is 2.27 bits per heavy atom. The lowest BCUT2D eigenvalue weighted by atomic mass is 10.2. The van der Waals surface area contributed by atoms with E-state index in [2.05, 4.69) is 42.4 Å². The van der Waals surface area contributed by atoms with Gasteiger partial charge in [-0.1, -0.05) is 19.1 Å². The minimum Gasteiger partial charge on any atom is -0.322 e. The molecule has 0 N–H and O–H groups in total. The molecule has 0 spiro atoms. The third-order valence-corrected chi connectivity index (χ3v) is 2.52. The lowest BCUT2D eigenvalue weighted by Gasteiger charge is -2.02. The maximum atomic E-state index is 3.94. The molecule has 0 saturated carbocycles. The zero-order chi connectivity index (χ0) is 8.69. The lowest BCUT2D eigenvalue weighted by Crippen LogP contribution is -1.93. The maximum absolute atomic E-state index is 3.94. The van der Waals surface area contributed by atoms with E-state index in [4.69, 9.17) is 0 Å². The number of hydrogen-bond donors (Lipinski definition) is 1. The highest BCUT2D eigenvalue weighted by atomic mass is 32.2. The van der Waals surface area contributed by atoms with Gasteiger partial charge in [0.05, 0.1) is 0 Å². The molecule has 1 aliphatic carbocycles. The molecule has 0 aromatic carbocycles. The molecular weight excluding hydrogens is 176 g/mol. The van der Waals surface area contributed by atoms with Crippen LogP contribution >= 0.6 is 24.7 Å². The predicted molar refractivity (Wildman–Crippen MR) is 56.2 cm³/mol. The number of thioether (sulfide) groups is 1. The Kier molecular flexibility index (Phi) is 7.33. The Labute approximate surface area is 79.2 Å². The first kappa shape index (κ1) is 11.4. The van der Waals surface area contributed by atoms with Gasteiger partial charge in [0.1, 0.15) is 0 Å². The number of thiol groups is 1. The quantitative estimate of drug-likeness (QED) is 0.389. The molecule has 11 heavy (non-hydrogen) atoms. The second-order valence-electron chi connectivity index (χ2n) is 2.55. The smallest absolute Gasteiger partial charge is 0.0500 e. The van der Waals surface area contributed by atoms with Crippen molar-refractivity contribution in [3.63, 3.8) is 0 Å². The van der Waals surface area contributed by atoms with Crippen LogP contribution in [0.5, 0.6) is 0 Å². The van der Waals surface area contributed by atoms with Crippen LogP contribution in [0.1, 0.15) is 13.3 Å². The van der Waals surface area contributed by atoms with Gasteiger partial charge in [-0.05, 0) is 31.5 Å². The van der Waals surface area contributed by atoms with Crippen molar-refractivity contribution in [1.82, 2.24) is 0 Å². The van der Waals surface area contributed by atoms with E-state index in [0.29, 0.717) is 0 Å². The monoisotopic (exact) mass is 192 g/mol. The van der Waals surface area contributed by atoms with Gasteiger partial charge in [-0.25, -0.2) is 0 Å². The molecule has 0 heterocycles. The van der Waals surface area contributed by atoms with Crippen LogP contribution in [0.25, 0.3) is 0 Å². The van der Waals surface area contributed by atoms with E-state index in [0.717, 1.165) is 11.2 Å². The Balaban J connectivity index is 0.000000292. The topological polar surface area (TPSA) is 9.23 Å². The number of allylic oxidation sites excluding steroid dienone is 1. The van der Waals surface area contributed by atoms with E-state index in [-0.39, 0.29) is 0 Å². The fraction of sp³-hybridized carbons (Fsp3) is 0.750. The summed E-state index contributed by atoms with van der Waals surface area (Å²) in [6.45, 7) is 2.27. The molecule has 0 saturated heterocycles. The average molecular weight is 192 g/mol.